The van der Waals surface area contributed by atoms with Crippen LogP contribution in [0.3, 0.4) is 0 Å². The highest BCUT2D eigenvalue weighted by atomic mass is 79.9. The summed E-state index contributed by atoms with van der Waals surface area (Å²) < 4.78 is 1.02. The molecule has 0 fully saturated rings. The van der Waals surface area contributed by atoms with Crippen LogP contribution in [0.15, 0.2) is 27.7 Å². The molecule has 1 heterocycles. The summed E-state index contributed by atoms with van der Waals surface area (Å²) in [6, 6.07) is 5.72. The van der Waals surface area contributed by atoms with E-state index in [1.54, 1.807) is 0 Å². The van der Waals surface area contributed by atoms with Crippen LogP contribution in [0.2, 0.25) is 5.02 Å². The maximum Gasteiger partial charge on any atom is 0.129 e. The van der Waals surface area contributed by atoms with Gasteiger partial charge < -0.3 is 5.32 Å². The Morgan fingerprint density at radius 1 is 1.43 bits per heavy atom. The zero-order valence-electron chi connectivity index (χ0n) is 7.56. The van der Waals surface area contributed by atoms with Crippen LogP contribution in [-0.4, -0.2) is 18.9 Å². The van der Waals surface area contributed by atoms with E-state index in [0.717, 1.165) is 40.4 Å². The Morgan fingerprint density at radius 2 is 2.29 bits per heavy atom. The third-order valence-electron chi connectivity index (χ3n) is 2.08. The van der Waals surface area contributed by atoms with E-state index in [1.165, 1.54) is 0 Å². The molecule has 0 atom stereocenters. The molecule has 74 valence electrons. The Balaban J connectivity index is 2.39. The lowest BCUT2D eigenvalue weighted by molar-refractivity contribution is 0.742. The summed E-state index contributed by atoms with van der Waals surface area (Å²) in [6.07, 6.45) is 1.10. The normalized spacial score (nSPS) is 16.0. The van der Waals surface area contributed by atoms with Crippen molar-refractivity contribution in [2.75, 3.05) is 13.1 Å². The van der Waals surface area contributed by atoms with Crippen LogP contribution in [0, 0.1) is 0 Å². The number of rotatable bonds is 1. The fraction of sp³-hybridized carbons (Fsp3) is 0.300. The van der Waals surface area contributed by atoms with Crippen LogP contribution in [0.4, 0.5) is 0 Å². The van der Waals surface area contributed by atoms with Crippen molar-refractivity contribution in [1.82, 2.24) is 5.32 Å². The lowest BCUT2D eigenvalue weighted by Gasteiger charge is -2.15. The monoisotopic (exact) mass is 272 g/mol. The molecule has 1 aromatic carbocycles. The van der Waals surface area contributed by atoms with Crippen LogP contribution in [0.5, 0.6) is 0 Å². The first kappa shape index (κ1) is 9.99. The molecule has 4 heteroatoms. The highest BCUT2D eigenvalue weighted by Crippen LogP contribution is 2.21. The summed E-state index contributed by atoms with van der Waals surface area (Å²) >= 11 is 9.42. The van der Waals surface area contributed by atoms with E-state index >= 15 is 0 Å². The molecular formula is C10H10BrClN2. The SMILES string of the molecule is Clc1ccc(Br)c(C2=NCCCN2)c1. The fourth-order valence-corrected chi connectivity index (χ4v) is 2.00. The van der Waals surface area contributed by atoms with Gasteiger partial charge in [-0.1, -0.05) is 27.5 Å². The minimum atomic E-state index is 0.735. The lowest BCUT2D eigenvalue weighted by atomic mass is 10.2. The van der Waals surface area contributed by atoms with E-state index in [1.807, 2.05) is 18.2 Å². The Morgan fingerprint density at radius 3 is 3.00 bits per heavy atom. The summed E-state index contributed by atoms with van der Waals surface area (Å²) in [5.74, 6) is 0.936. The van der Waals surface area contributed by atoms with Gasteiger partial charge in [-0.05, 0) is 24.6 Å². The van der Waals surface area contributed by atoms with Crippen LogP contribution >= 0.6 is 27.5 Å². The molecule has 0 saturated carbocycles. The number of benzene rings is 1. The predicted molar refractivity (Wildman–Crippen MR) is 63.2 cm³/mol. The molecule has 0 amide bonds. The van der Waals surface area contributed by atoms with Crippen molar-refractivity contribution in [3.8, 4) is 0 Å². The third-order valence-corrected chi connectivity index (χ3v) is 3.01. The minimum absolute atomic E-state index is 0.735. The molecule has 14 heavy (non-hydrogen) atoms. The van der Waals surface area contributed by atoms with Crippen LogP contribution in [0.25, 0.3) is 0 Å². The van der Waals surface area contributed by atoms with Crippen molar-refractivity contribution in [3.05, 3.63) is 33.3 Å². The van der Waals surface area contributed by atoms with Gasteiger partial charge in [-0.15, -0.1) is 0 Å². The van der Waals surface area contributed by atoms with Gasteiger partial charge >= 0.3 is 0 Å². The van der Waals surface area contributed by atoms with Gasteiger partial charge in [-0.2, -0.15) is 0 Å². The number of aliphatic imine (C=N–C) groups is 1. The largest absolute Gasteiger partial charge is 0.370 e. The van der Waals surface area contributed by atoms with E-state index < -0.39 is 0 Å². The Labute approximate surface area is 96.5 Å². The second-order valence-corrected chi connectivity index (χ2v) is 4.43. The van der Waals surface area contributed by atoms with Crippen LogP contribution < -0.4 is 5.32 Å². The molecule has 1 aliphatic heterocycles. The molecule has 2 nitrogen and oxygen atoms in total. The number of nitrogens with zero attached hydrogens (tertiary/aromatic N) is 1. The van der Waals surface area contributed by atoms with E-state index in [2.05, 4.69) is 26.2 Å². The molecule has 0 aromatic heterocycles. The molecule has 0 bridgehead atoms. The molecule has 2 rings (SSSR count). The maximum atomic E-state index is 5.93. The zero-order valence-corrected chi connectivity index (χ0v) is 9.90. The van der Waals surface area contributed by atoms with Gasteiger partial charge in [0.25, 0.3) is 0 Å². The molecule has 0 spiro atoms. The Bertz CT molecular complexity index is 376. The molecule has 0 aliphatic carbocycles. The molecule has 0 saturated heterocycles. The average Bonchev–Trinajstić information content (AvgIpc) is 2.23. The van der Waals surface area contributed by atoms with E-state index in [4.69, 9.17) is 11.6 Å². The van der Waals surface area contributed by atoms with E-state index in [0.29, 0.717) is 0 Å². The first-order chi connectivity index (χ1) is 6.77. The van der Waals surface area contributed by atoms with Gasteiger partial charge in [0.05, 0.1) is 0 Å². The Kier molecular flexibility index (Phi) is 3.08. The average molecular weight is 274 g/mol. The number of hydrogen-bond acceptors (Lipinski definition) is 2. The number of nitrogens with one attached hydrogen (secondary N) is 1. The first-order valence-electron chi connectivity index (χ1n) is 4.51. The van der Waals surface area contributed by atoms with Gasteiger partial charge in [0.2, 0.25) is 0 Å². The minimum Gasteiger partial charge on any atom is -0.370 e. The molecule has 1 aliphatic rings. The highest BCUT2D eigenvalue weighted by Gasteiger charge is 2.10. The lowest BCUT2D eigenvalue weighted by Crippen LogP contribution is -2.30. The summed E-state index contributed by atoms with van der Waals surface area (Å²) in [5, 5.41) is 4.00. The first-order valence-corrected chi connectivity index (χ1v) is 5.68. The van der Waals surface area contributed by atoms with Gasteiger partial charge in [0.1, 0.15) is 5.84 Å². The smallest absolute Gasteiger partial charge is 0.129 e. The van der Waals surface area contributed by atoms with Crippen molar-refractivity contribution < 1.29 is 0 Å². The second-order valence-electron chi connectivity index (χ2n) is 3.13. The Hall–Kier alpha value is -0.540. The zero-order chi connectivity index (χ0) is 9.97. The van der Waals surface area contributed by atoms with Crippen molar-refractivity contribution in [2.24, 2.45) is 4.99 Å². The molecule has 0 unspecified atom stereocenters. The quantitative estimate of drug-likeness (QED) is 0.836. The maximum absolute atomic E-state index is 5.93. The van der Waals surface area contributed by atoms with Gasteiger partial charge in [0, 0.05) is 28.1 Å². The molecule has 1 aromatic rings. The number of hydrogen-bond donors (Lipinski definition) is 1. The summed E-state index contributed by atoms with van der Waals surface area (Å²) in [7, 11) is 0. The van der Waals surface area contributed by atoms with Crippen LogP contribution in [0.1, 0.15) is 12.0 Å². The molecular weight excluding hydrogens is 263 g/mol. The van der Waals surface area contributed by atoms with Crippen molar-refractivity contribution in [3.63, 3.8) is 0 Å². The predicted octanol–water partition coefficient (Wildman–Crippen LogP) is 2.84. The summed E-state index contributed by atoms with van der Waals surface area (Å²) in [6.45, 7) is 1.87. The summed E-state index contributed by atoms with van der Waals surface area (Å²) in [5.41, 5.74) is 1.04. The van der Waals surface area contributed by atoms with Crippen molar-refractivity contribution >= 4 is 33.4 Å². The number of halogens is 2. The molecule has 1 N–H and O–H groups in total. The summed E-state index contributed by atoms with van der Waals surface area (Å²) in [4.78, 5) is 4.42. The van der Waals surface area contributed by atoms with E-state index in [-0.39, 0.29) is 0 Å². The van der Waals surface area contributed by atoms with Gasteiger partial charge in [-0.3, -0.25) is 4.99 Å². The standard InChI is InChI=1S/C10H10BrClN2/c11-9-3-2-7(12)6-8(9)10-13-4-1-5-14-10/h2-3,6H,1,4-5H2,(H,13,14). The molecule has 0 radical (unpaired) electrons. The number of amidine groups is 1. The topological polar surface area (TPSA) is 24.4 Å². The second kappa shape index (κ2) is 4.32. The fourth-order valence-electron chi connectivity index (χ4n) is 1.39. The van der Waals surface area contributed by atoms with Crippen molar-refractivity contribution in [1.29, 1.82) is 0 Å². The van der Waals surface area contributed by atoms with Crippen molar-refractivity contribution in [2.45, 2.75) is 6.42 Å². The van der Waals surface area contributed by atoms with Crippen LogP contribution in [-0.2, 0) is 0 Å². The van der Waals surface area contributed by atoms with Gasteiger partial charge in [-0.25, -0.2) is 0 Å². The van der Waals surface area contributed by atoms with Gasteiger partial charge in [0.15, 0.2) is 0 Å². The van der Waals surface area contributed by atoms with E-state index in [9.17, 15) is 0 Å². The third kappa shape index (κ3) is 2.10. The highest BCUT2D eigenvalue weighted by molar-refractivity contribution is 9.10.